The van der Waals surface area contributed by atoms with Crippen LogP contribution in [0.15, 0.2) is 47.2 Å². The molecule has 1 amide bonds. The first-order valence-corrected chi connectivity index (χ1v) is 13.9. The normalized spacial score (nSPS) is 23.6. The van der Waals surface area contributed by atoms with Gasteiger partial charge in [-0.3, -0.25) is 9.78 Å². The third-order valence-electron chi connectivity index (χ3n) is 8.14. The van der Waals surface area contributed by atoms with E-state index in [1.165, 1.54) is 5.57 Å². The number of hydrogen-bond donors (Lipinski definition) is 1. The minimum atomic E-state index is -0.540. The van der Waals surface area contributed by atoms with Gasteiger partial charge >= 0.3 is 0 Å². The number of aromatic nitrogens is 4. The first kappa shape index (κ1) is 26.3. The lowest BCUT2D eigenvalue weighted by Crippen LogP contribution is -2.67. The van der Waals surface area contributed by atoms with Crippen molar-refractivity contribution in [2.75, 3.05) is 26.2 Å². The number of allylic oxidation sites excluding steroid dienone is 2. The van der Waals surface area contributed by atoms with Crippen LogP contribution in [0, 0.1) is 5.92 Å². The second kappa shape index (κ2) is 10.8. The number of carbonyl (C=O) groups is 1. The monoisotopic (exact) mass is 516 g/mol. The van der Waals surface area contributed by atoms with Gasteiger partial charge in [0.15, 0.2) is 0 Å². The molecular formula is C29H40N8O. The standard InChI is InChI=1S/C29H40N8O/c1-6-24-18-23(9-12-30-24)26-25(33-35(5)34-26)19-37-16-13-31-29(28(37)38)10-14-36(15-11-29)27-21(3)8-7-20(2)17-22(4)32-27/h9,12,17-18,21,31H,4,6-8,10-11,13-16,19H2,1-3,5H3/b20-17-,32-27?. The van der Waals surface area contributed by atoms with Crippen LogP contribution < -0.4 is 5.32 Å². The summed E-state index contributed by atoms with van der Waals surface area (Å²) in [4.78, 5) is 29.2. The van der Waals surface area contributed by atoms with Gasteiger partial charge in [-0.15, -0.1) is 0 Å². The van der Waals surface area contributed by atoms with Crippen LogP contribution in [0.3, 0.4) is 0 Å². The number of aliphatic imine (C=N–C) groups is 1. The Balaban J connectivity index is 1.31. The summed E-state index contributed by atoms with van der Waals surface area (Å²) >= 11 is 0. The number of piperazine rings is 1. The van der Waals surface area contributed by atoms with E-state index < -0.39 is 5.54 Å². The molecule has 2 saturated heterocycles. The van der Waals surface area contributed by atoms with E-state index in [2.05, 4.69) is 64.9 Å². The number of carbonyl (C=O) groups excluding carboxylic acids is 1. The first-order valence-electron chi connectivity index (χ1n) is 13.9. The first-order chi connectivity index (χ1) is 18.3. The van der Waals surface area contributed by atoms with Crippen LogP contribution in [0.5, 0.6) is 0 Å². The van der Waals surface area contributed by atoms with Gasteiger partial charge in [-0.05, 0) is 57.2 Å². The van der Waals surface area contributed by atoms with Crippen LogP contribution in [0.25, 0.3) is 11.3 Å². The summed E-state index contributed by atoms with van der Waals surface area (Å²) in [6.07, 6.45) is 8.43. The number of pyridine rings is 1. The van der Waals surface area contributed by atoms with Crippen molar-refractivity contribution in [2.24, 2.45) is 18.0 Å². The fourth-order valence-corrected chi connectivity index (χ4v) is 5.95. The van der Waals surface area contributed by atoms with Gasteiger partial charge in [-0.25, -0.2) is 4.99 Å². The highest BCUT2D eigenvalue weighted by atomic mass is 16.2. The fraction of sp³-hybridized carbons (Fsp3) is 0.552. The predicted octanol–water partition coefficient (Wildman–Crippen LogP) is 3.49. The van der Waals surface area contributed by atoms with Crippen LogP contribution in [0.1, 0.15) is 57.8 Å². The molecule has 1 N–H and O–H groups in total. The lowest BCUT2D eigenvalue weighted by molar-refractivity contribution is -0.144. The molecular weight excluding hydrogens is 476 g/mol. The van der Waals surface area contributed by atoms with E-state index in [0.717, 1.165) is 85.9 Å². The summed E-state index contributed by atoms with van der Waals surface area (Å²) in [6, 6.07) is 4.03. The van der Waals surface area contributed by atoms with Gasteiger partial charge in [-0.2, -0.15) is 15.0 Å². The van der Waals surface area contributed by atoms with Crippen LogP contribution in [-0.4, -0.2) is 73.2 Å². The van der Waals surface area contributed by atoms with E-state index in [1.807, 2.05) is 24.2 Å². The largest absolute Gasteiger partial charge is 0.360 e. The summed E-state index contributed by atoms with van der Waals surface area (Å²) in [5, 5.41) is 12.9. The molecule has 3 aliphatic rings. The summed E-state index contributed by atoms with van der Waals surface area (Å²) in [6.45, 7) is 14.1. The van der Waals surface area contributed by atoms with Crippen molar-refractivity contribution in [3.8, 4) is 11.3 Å². The number of amides is 1. The molecule has 1 spiro atoms. The Morgan fingerprint density at radius 1 is 1.21 bits per heavy atom. The molecule has 0 bridgehead atoms. The highest BCUT2D eigenvalue weighted by Crippen LogP contribution is 2.31. The Labute approximate surface area is 225 Å². The second-order valence-electron chi connectivity index (χ2n) is 11.0. The van der Waals surface area contributed by atoms with Gasteiger partial charge in [0.25, 0.3) is 0 Å². The summed E-state index contributed by atoms with van der Waals surface area (Å²) < 4.78 is 0. The highest BCUT2D eigenvalue weighted by molar-refractivity contribution is 5.89. The number of nitrogens with zero attached hydrogens (tertiary/aromatic N) is 7. The van der Waals surface area contributed by atoms with Crippen molar-refractivity contribution in [1.29, 1.82) is 0 Å². The minimum absolute atomic E-state index is 0.166. The average molecular weight is 517 g/mol. The Hall–Kier alpha value is -3.33. The van der Waals surface area contributed by atoms with Gasteiger partial charge < -0.3 is 15.1 Å². The zero-order valence-electron chi connectivity index (χ0n) is 23.2. The van der Waals surface area contributed by atoms with Crippen LogP contribution in [0.2, 0.25) is 0 Å². The maximum absolute atomic E-state index is 13.9. The van der Waals surface area contributed by atoms with E-state index >= 15 is 0 Å². The number of nitrogens with one attached hydrogen (secondary N) is 1. The highest BCUT2D eigenvalue weighted by Gasteiger charge is 2.46. The Morgan fingerprint density at radius 2 is 2.00 bits per heavy atom. The van der Waals surface area contributed by atoms with Gasteiger partial charge in [0.1, 0.15) is 22.8 Å². The molecule has 5 heterocycles. The Kier molecular flexibility index (Phi) is 7.47. The van der Waals surface area contributed by atoms with Crippen LogP contribution >= 0.6 is 0 Å². The molecule has 2 aromatic rings. The molecule has 1 atom stereocenters. The molecule has 9 nitrogen and oxygen atoms in total. The molecule has 3 aliphatic heterocycles. The minimum Gasteiger partial charge on any atom is -0.360 e. The molecule has 202 valence electrons. The van der Waals surface area contributed by atoms with Crippen molar-refractivity contribution < 1.29 is 4.79 Å². The van der Waals surface area contributed by atoms with E-state index in [1.54, 1.807) is 4.80 Å². The maximum atomic E-state index is 13.9. The van der Waals surface area contributed by atoms with Gasteiger partial charge in [0.2, 0.25) is 5.91 Å². The van der Waals surface area contributed by atoms with E-state index in [-0.39, 0.29) is 5.91 Å². The topological polar surface area (TPSA) is 91.5 Å². The van der Waals surface area contributed by atoms with Crippen molar-refractivity contribution >= 4 is 11.7 Å². The molecule has 5 rings (SSSR count). The molecule has 1 unspecified atom stereocenters. The third-order valence-corrected chi connectivity index (χ3v) is 8.14. The zero-order valence-corrected chi connectivity index (χ0v) is 23.2. The van der Waals surface area contributed by atoms with E-state index in [9.17, 15) is 4.79 Å². The van der Waals surface area contributed by atoms with Crippen molar-refractivity contribution in [2.45, 2.75) is 65.0 Å². The summed E-state index contributed by atoms with van der Waals surface area (Å²) in [5.74, 6) is 1.65. The smallest absolute Gasteiger partial charge is 0.243 e. The number of amidine groups is 1. The molecule has 9 heteroatoms. The van der Waals surface area contributed by atoms with Gasteiger partial charge in [0.05, 0.1) is 12.2 Å². The molecule has 0 radical (unpaired) electrons. The Morgan fingerprint density at radius 3 is 2.76 bits per heavy atom. The molecule has 38 heavy (non-hydrogen) atoms. The maximum Gasteiger partial charge on any atom is 0.243 e. The SMILES string of the molecule is C=C1/C=C(/C)CCC(C)C(N2CCC3(CC2)NCCN(Cc2nn(C)nc2-c2ccnc(CC)c2)C3=O)=N1. The molecule has 2 aromatic heterocycles. The third kappa shape index (κ3) is 5.29. The lowest BCUT2D eigenvalue weighted by atomic mass is 9.83. The molecule has 2 fully saturated rings. The number of hydrogen-bond acceptors (Lipinski definition) is 7. The van der Waals surface area contributed by atoms with Gasteiger partial charge in [0, 0.05) is 56.6 Å². The number of rotatable bonds is 4. The molecule has 0 aliphatic carbocycles. The Bertz CT molecular complexity index is 1270. The number of likely N-dealkylation sites (tertiary alicyclic amines) is 1. The van der Waals surface area contributed by atoms with Crippen LogP contribution in [-0.2, 0) is 24.8 Å². The van der Waals surface area contributed by atoms with Crippen molar-refractivity contribution in [3.05, 3.63) is 53.6 Å². The second-order valence-corrected chi connectivity index (χ2v) is 11.0. The quantitative estimate of drug-likeness (QED) is 0.669. The summed E-state index contributed by atoms with van der Waals surface area (Å²) in [5.41, 5.74) is 5.26. The fourth-order valence-electron chi connectivity index (χ4n) is 5.95. The van der Waals surface area contributed by atoms with Gasteiger partial charge in [-0.1, -0.05) is 26.0 Å². The number of aryl methyl sites for hydroxylation is 2. The average Bonchev–Trinajstić information content (AvgIpc) is 3.28. The molecule has 0 saturated carbocycles. The van der Waals surface area contributed by atoms with Crippen LogP contribution in [0.4, 0.5) is 0 Å². The zero-order chi connectivity index (χ0) is 26.9. The van der Waals surface area contributed by atoms with Crippen molar-refractivity contribution in [1.82, 2.24) is 35.1 Å². The molecule has 0 aromatic carbocycles. The number of piperidine rings is 1. The predicted molar refractivity (Wildman–Crippen MR) is 149 cm³/mol. The lowest BCUT2D eigenvalue weighted by Gasteiger charge is -2.48. The summed E-state index contributed by atoms with van der Waals surface area (Å²) in [7, 11) is 1.83. The van der Waals surface area contributed by atoms with E-state index in [0.29, 0.717) is 19.0 Å². The van der Waals surface area contributed by atoms with Crippen molar-refractivity contribution in [3.63, 3.8) is 0 Å². The van der Waals surface area contributed by atoms with E-state index in [4.69, 9.17) is 4.99 Å².